The van der Waals surface area contributed by atoms with Crippen LogP contribution in [0, 0.1) is 0 Å². The zero-order valence-corrected chi connectivity index (χ0v) is 8.65. The first kappa shape index (κ1) is 11.0. The predicted octanol–water partition coefficient (Wildman–Crippen LogP) is 0.254. The number of carbonyl (C=O) groups excluding carboxylic acids is 3. The van der Waals surface area contributed by atoms with Gasteiger partial charge in [0.15, 0.2) is 5.12 Å². The number of rotatable bonds is 4. The van der Waals surface area contributed by atoms with Crippen LogP contribution in [0.4, 0.5) is 4.79 Å². The van der Waals surface area contributed by atoms with Gasteiger partial charge in [-0.15, -0.1) is 0 Å². The number of nitrogens with one attached hydrogen (secondary N) is 2. The van der Waals surface area contributed by atoms with E-state index in [1.165, 1.54) is 11.8 Å². The standard InChI is InChI=1S/C8H12N2O3S/c1-2-14-6(11)4-3-5-7(12)10-8(13)9-5/h5H,2-4H2,1H3,(H2,9,10,12,13). The van der Waals surface area contributed by atoms with Crippen molar-refractivity contribution in [3.05, 3.63) is 0 Å². The molecule has 0 aromatic rings. The van der Waals surface area contributed by atoms with Gasteiger partial charge in [0.2, 0.25) is 0 Å². The van der Waals surface area contributed by atoms with Gasteiger partial charge in [-0.05, 0) is 12.2 Å². The van der Waals surface area contributed by atoms with Gasteiger partial charge < -0.3 is 5.32 Å². The highest BCUT2D eigenvalue weighted by atomic mass is 32.2. The monoisotopic (exact) mass is 216 g/mol. The molecule has 3 amide bonds. The summed E-state index contributed by atoms with van der Waals surface area (Å²) in [6.45, 7) is 1.90. The van der Waals surface area contributed by atoms with E-state index >= 15 is 0 Å². The van der Waals surface area contributed by atoms with Crippen molar-refractivity contribution in [2.24, 2.45) is 0 Å². The molecule has 0 saturated carbocycles. The normalized spacial score (nSPS) is 20.5. The first-order chi connectivity index (χ1) is 6.63. The van der Waals surface area contributed by atoms with E-state index in [0.717, 1.165) is 5.75 Å². The highest BCUT2D eigenvalue weighted by Crippen LogP contribution is 2.10. The smallest absolute Gasteiger partial charge is 0.322 e. The van der Waals surface area contributed by atoms with Gasteiger partial charge in [-0.2, -0.15) is 0 Å². The Kier molecular flexibility index (Phi) is 3.94. The topological polar surface area (TPSA) is 75.3 Å². The van der Waals surface area contributed by atoms with Crippen molar-refractivity contribution in [2.45, 2.75) is 25.8 Å². The van der Waals surface area contributed by atoms with E-state index in [0.29, 0.717) is 12.8 Å². The summed E-state index contributed by atoms with van der Waals surface area (Å²) in [4.78, 5) is 32.9. The lowest BCUT2D eigenvalue weighted by Crippen LogP contribution is -2.29. The molecule has 1 heterocycles. The fourth-order valence-corrected chi connectivity index (χ4v) is 1.74. The van der Waals surface area contributed by atoms with Gasteiger partial charge in [-0.1, -0.05) is 18.7 Å². The average Bonchev–Trinajstić information content (AvgIpc) is 2.42. The average molecular weight is 216 g/mol. The second kappa shape index (κ2) is 4.99. The van der Waals surface area contributed by atoms with Gasteiger partial charge in [0.05, 0.1) is 0 Å². The fraction of sp³-hybridized carbons (Fsp3) is 0.625. The predicted molar refractivity (Wildman–Crippen MR) is 52.8 cm³/mol. The minimum absolute atomic E-state index is 0.0569. The van der Waals surface area contributed by atoms with Gasteiger partial charge in [-0.25, -0.2) is 4.79 Å². The van der Waals surface area contributed by atoms with Crippen LogP contribution in [0.5, 0.6) is 0 Å². The van der Waals surface area contributed by atoms with Crippen molar-refractivity contribution >= 4 is 28.8 Å². The fourth-order valence-electron chi connectivity index (χ4n) is 1.16. The molecule has 1 rings (SSSR count). The van der Waals surface area contributed by atoms with Crippen molar-refractivity contribution in [3.63, 3.8) is 0 Å². The van der Waals surface area contributed by atoms with E-state index in [-0.39, 0.29) is 11.0 Å². The van der Waals surface area contributed by atoms with Crippen LogP contribution in [0.1, 0.15) is 19.8 Å². The summed E-state index contributed by atoms with van der Waals surface area (Å²) in [7, 11) is 0. The summed E-state index contributed by atoms with van der Waals surface area (Å²) in [5.41, 5.74) is 0. The molecule has 1 fully saturated rings. The Morgan fingerprint density at radius 1 is 1.50 bits per heavy atom. The van der Waals surface area contributed by atoms with Crippen molar-refractivity contribution in [2.75, 3.05) is 5.75 Å². The van der Waals surface area contributed by atoms with Gasteiger partial charge in [-0.3, -0.25) is 14.9 Å². The number of carbonyl (C=O) groups is 3. The van der Waals surface area contributed by atoms with Crippen molar-refractivity contribution in [1.82, 2.24) is 10.6 Å². The highest BCUT2D eigenvalue weighted by Gasteiger charge is 2.29. The van der Waals surface area contributed by atoms with Crippen LogP contribution in [-0.4, -0.2) is 28.8 Å². The second-order valence-electron chi connectivity index (χ2n) is 2.86. The Morgan fingerprint density at radius 2 is 2.21 bits per heavy atom. The number of thioether (sulfide) groups is 1. The summed E-state index contributed by atoms with van der Waals surface area (Å²) in [6.07, 6.45) is 0.695. The first-order valence-electron chi connectivity index (χ1n) is 4.40. The van der Waals surface area contributed by atoms with Gasteiger partial charge in [0.1, 0.15) is 6.04 Å². The number of hydrogen-bond donors (Lipinski definition) is 2. The molecule has 78 valence electrons. The lowest BCUT2D eigenvalue weighted by atomic mass is 10.2. The van der Waals surface area contributed by atoms with Gasteiger partial charge >= 0.3 is 6.03 Å². The minimum Gasteiger partial charge on any atom is -0.326 e. The lowest BCUT2D eigenvalue weighted by molar-refractivity contribution is -0.120. The summed E-state index contributed by atoms with van der Waals surface area (Å²) in [5.74, 6) is 0.395. The van der Waals surface area contributed by atoms with Crippen LogP contribution in [0.3, 0.4) is 0 Å². The lowest BCUT2D eigenvalue weighted by Gasteiger charge is -2.04. The minimum atomic E-state index is -0.538. The molecule has 0 bridgehead atoms. The third-order valence-corrected chi connectivity index (χ3v) is 2.62. The molecule has 14 heavy (non-hydrogen) atoms. The maximum atomic E-state index is 11.1. The molecular weight excluding hydrogens is 204 g/mol. The molecule has 0 spiro atoms. The summed E-state index contributed by atoms with van der Waals surface area (Å²) in [5, 5.41) is 4.61. The highest BCUT2D eigenvalue weighted by molar-refractivity contribution is 8.13. The first-order valence-corrected chi connectivity index (χ1v) is 5.39. The summed E-state index contributed by atoms with van der Waals surface area (Å²) in [6, 6.07) is -1.01. The second-order valence-corrected chi connectivity index (χ2v) is 4.18. The van der Waals surface area contributed by atoms with Crippen LogP contribution in [0.15, 0.2) is 0 Å². The van der Waals surface area contributed by atoms with E-state index in [2.05, 4.69) is 10.6 Å². The van der Waals surface area contributed by atoms with E-state index in [1.54, 1.807) is 0 Å². The van der Waals surface area contributed by atoms with E-state index in [9.17, 15) is 14.4 Å². The Balaban J connectivity index is 2.28. The Hall–Kier alpha value is -1.04. The molecule has 6 heteroatoms. The third-order valence-electron chi connectivity index (χ3n) is 1.80. The molecular formula is C8H12N2O3S. The molecule has 0 aromatic carbocycles. The largest absolute Gasteiger partial charge is 0.326 e. The molecule has 2 N–H and O–H groups in total. The zero-order valence-electron chi connectivity index (χ0n) is 7.83. The van der Waals surface area contributed by atoms with Crippen molar-refractivity contribution < 1.29 is 14.4 Å². The third kappa shape index (κ3) is 3.02. The quantitative estimate of drug-likeness (QED) is 0.661. The van der Waals surface area contributed by atoms with Crippen LogP contribution >= 0.6 is 11.8 Å². The zero-order chi connectivity index (χ0) is 10.6. The Bertz CT molecular complexity index is 267. The van der Waals surface area contributed by atoms with Crippen LogP contribution in [-0.2, 0) is 9.59 Å². The van der Waals surface area contributed by atoms with E-state index < -0.39 is 12.1 Å². The van der Waals surface area contributed by atoms with Crippen molar-refractivity contribution in [3.8, 4) is 0 Å². The maximum Gasteiger partial charge on any atom is 0.322 e. The van der Waals surface area contributed by atoms with Crippen molar-refractivity contribution in [1.29, 1.82) is 0 Å². The van der Waals surface area contributed by atoms with Crippen LogP contribution < -0.4 is 10.6 Å². The molecule has 0 radical (unpaired) electrons. The molecule has 1 atom stereocenters. The van der Waals surface area contributed by atoms with E-state index in [1.807, 2.05) is 6.92 Å². The summed E-state index contributed by atoms with van der Waals surface area (Å²) < 4.78 is 0. The van der Waals surface area contributed by atoms with Crippen LogP contribution in [0.2, 0.25) is 0 Å². The SMILES string of the molecule is CCSC(=O)CCC1NC(=O)NC1=O. The molecule has 0 aromatic heterocycles. The molecule has 5 nitrogen and oxygen atoms in total. The molecule has 1 saturated heterocycles. The number of imide groups is 1. The maximum absolute atomic E-state index is 11.1. The van der Waals surface area contributed by atoms with Gasteiger partial charge in [0, 0.05) is 6.42 Å². The molecule has 1 aliphatic rings. The van der Waals surface area contributed by atoms with Crippen LogP contribution in [0.25, 0.3) is 0 Å². The van der Waals surface area contributed by atoms with Gasteiger partial charge in [0.25, 0.3) is 5.91 Å². The number of hydrogen-bond acceptors (Lipinski definition) is 4. The number of amides is 3. The number of urea groups is 1. The Labute approximate surface area is 86.0 Å². The van der Waals surface area contributed by atoms with E-state index in [4.69, 9.17) is 0 Å². The summed E-state index contributed by atoms with van der Waals surface area (Å²) >= 11 is 1.23. The molecule has 1 unspecified atom stereocenters. The molecule has 0 aliphatic carbocycles. The Morgan fingerprint density at radius 3 is 2.71 bits per heavy atom. The molecule has 1 aliphatic heterocycles.